The second-order valence-electron chi connectivity index (χ2n) is 7.27. The van der Waals surface area contributed by atoms with Crippen LogP contribution in [0.25, 0.3) is 0 Å². The fourth-order valence-corrected chi connectivity index (χ4v) is 5.10. The van der Waals surface area contributed by atoms with Crippen molar-refractivity contribution >= 4 is 27.7 Å². The lowest BCUT2D eigenvalue weighted by Gasteiger charge is -2.32. The van der Waals surface area contributed by atoms with E-state index in [1.54, 1.807) is 6.07 Å². The van der Waals surface area contributed by atoms with E-state index < -0.39 is 16.1 Å². The lowest BCUT2D eigenvalue weighted by Crippen LogP contribution is -2.49. The molecule has 2 aromatic carbocycles. The van der Waals surface area contributed by atoms with Crippen LogP contribution in [0.15, 0.2) is 72.1 Å². The monoisotopic (exact) mass is 443 g/mol. The van der Waals surface area contributed by atoms with Gasteiger partial charge in [-0.25, -0.2) is 13.2 Å². The maximum absolute atomic E-state index is 13.2. The molecule has 2 aromatic rings. The molecule has 0 bridgehead atoms. The minimum atomic E-state index is -3.86. The smallest absolute Gasteiger partial charge is 0.412 e. The van der Waals surface area contributed by atoms with Crippen molar-refractivity contribution in [3.63, 3.8) is 0 Å². The molecule has 0 radical (unpaired) electrons. The van der Waals surface area contributed by atoms with Crippen molar-refractivity contribution in [3.8, 4) is 0 Å². The minimum absolute atomic E-state index is 0.0139. The fraction of sp³-hybridized carbons (Fsp3) is 0.273. The Morgan fingerprint density at radius 3 is 2.61 bits per heavy atom. The third-order valence-corrected chi connectivity index (χ3v) is 6.96. The van der Waals surface area contributed by atoms with Crippen molar-refractivity contribution in [3.05, 3.63) is 72.8 Å². The quantitative estimate of drug-likeness (QED) is 0.640. The van der Waals surface area contributed by atoms with Gasteiger partial charge in [-0.1, -0.05) is 43.0 Å². The number of benzene rings is 2. The summed E-state index contributed by atoms with van der Waals surface area (Å²) >= 11 is 0. The van der Waals surface area contributed by atoms with Crippen molar-refractivity contribution < 1.29 is 23.1 Å². The first-order valence-electron chi connectivity index (χ1n) is 9.89. The highest BCUT2D eigenvalue weighted by atomic mass is 32.2. The molecule has 31 heavy (non-hydrogen) atoms. The van der Waals surface area contributed by atoms with Gasteiger partial charge >= 0.3 is 6.09 Å². The molecule has 1 saturated heterocycles. The fourth-order valence-electron chi connectivity index (χ4n) is 3.53. The first-order valence-corrected chi connectivity index (χ1v) is 11.3. The van der Waals surface area contributed by atoms with Crippen molar-refractivity contribution in [1.82, 2.24) is 9.62 Å². The van der Waals surface area contributed by atoms with Crippen molar-refractivity contribution in [2.24, 2.45) is 0 Å². The van der Waals surface area contributed by atoms with Gasteiger partial charge in [0.05, 0.1) is 11.4 Å². The Labute approximate surface area is 181 Å². The maximum atomic E-state index is 13.2. The Morgan fingerprint density at radius 2 is 1.94 bits per heavy atom. The zero-order chi connectivity index (χ0) is 22.4. The molecule has 1 fully saturated rings. The van der Waals surface area contributed by atoms with Gasteiger partial charge in [0.15, 0.2) is 0 Å². The van der Waals surface area contributed by atoms with Crippen molar-refractivity contribution in [2.45, 2.75) is 30.3 Å². The predicted molar refractivity (Wildman–Crippen MR) is 117 cm³/mol. The number of amides is 2. The number of anilines is 1. The number of piperidine rings is 1. The number of hydrogen-bond donors (Lipinski definition) is 2. The largest absolute Gasteiger partial charge is 0.465 e. The summed E-state index contributed by atoms with van der Waals surface area (Å²) in [6.07, 6.45) is 1.26. The Kier molecular flexibility index (Phi) is 7.09. The van der Waals surface area contributed by atoms with Gasteiger partial charge in [0, 0.05) is 24.8 Å². The van der Waals surface area contributed by atoms with Gasteiger partial charge < -0.3 is 10.4 Å². The van der Waals surface area contributed by atoms with Crippen LogP contribution in [-0.4, -0.2) is 49.0 Å². The van der Waals surface area contributed by atoms with Crippen LogP contribution < -0.4 is 10.2 Å². The number of carbonyl (C=O) groups excluding carboxylic acids is 1. The van der Waals surface area contributed by atoms with Crippen LogP contribution in [0, 0.1) is 0 Å². The second kappa shape index (κ2) is 9.76. The van der Waals surface area contributed by atoms with Crippen LogP contribution in [0.5, 0.6) is 0 Å². The first kappa shape index (κ1) is 22.5. The number of nitrogens with one attached hydrogen (secondary N) is 1. The summed E-state index contributed by atoms with van der Waals surface area (Å²) in [5.41, 5.74) is 1.06. The lowest BCUT2D eigenvalue weighted by atomic mass is 10.1. The highest BCUT2D eigenvalue weighted by Gasteiger charge is 2.31. The maximum Gasteiger partial charge on any atom is 0.412 e. The Bertz CT molecular complexity index is 1060. The van der Waals surface area contributed by atoms with Crippen LogP contribution in [0.3, 0.4) is 0 Å². The van der Waals surface area contributed by atoms with Gasteiger partial charge in [0.2, 0.25) is 15.9 Å². The Morgan fingerprint density at radius 1 is 1.19 bits per heavy atom. The SMILES string of the molecule is C=CC(=O)N[C@H]1CCCN(S(=O)(=O)c2cccc(N(Cc3ccccc3)C(=O)O)c2)C1. The third-order valence-electron chi connectivity index (χ3n) is 5.10. The molecule has 164 valence electrons. The Hall–Kier alpha value is -3.17. The van der Waals surface area contributed by atoms with E-state index in [1.807, 2.05) is 30.3 Å². The summed E-state index contributed by atoms with van der Waals surface area (Å²) < 4.78 is 27.8. The van der Waals surface area contributed by atoms with Crippen molar-refractivity contribution in [1.29, 1.82) is 0 Å². The van der Waals surface area contributed by atoms with E-state index in [1.165, 1.54) is 22.5 Å². The molecule has 1 atom stereocenters. The molecule has 1 aliphatic heterocycles. The molecule has 9 heteroatoms. The van der Waals surface area contributed by atoms with Gasteiger partial charge in [-0.15, -0.1) is 0 Å². The molecule has 0 aromatic heterocycles. The zero-order valence-corrected chi connectivity index (χ0v) is 17.8. The summed E-state index contributed by atoms with van der Waals surface area (Å²) in [4.78, 5) is 24.6. The first-order chi connectivity index (χ1) is 14.8. The molecular weight excluding hydrogens is 418 g/mol. The van der Waals surface area contributed by atoms with Gasteiger partial charge in [-0.3, -0.25) is 9.69 Å². The molecule has 0 unspecified atom stereocenters. The highest BCUT2D eigenvalue weighted by Crippen LogP contribution is 2.26. The van der Waals surface area contributed by atoms with Crippen LogP contribution in [-0.2, 0) is 21.4 Å². The van der Waals surface area contributed by atoms with E-state index in [0.29, 0.717) is 19.4 Å². The molecule has 0 aliphatic carbocycles. The zero-order valence-electron chi connectivity index (χ0n) is 17.0. The number of hydrogen-bond acceptors (Lipinski definition) is 4. The minimum Gasteiger partial charge on any atom is -0.465 e. The van der Waals surface area contributed by atoms with Crippen LogP contribution in [0.4, 0.5) is 10.5 Å². The van der Waals surface area contributed by atoms with Gasteiger partial charge in [-0.2, -0.15) is 4.31 Å². The summed E-state index contributed by atoms with van der Waals surface area (Å²) in [5, 5.41) is 12.4. The van der Waals surface area contributed by atoms with Gasteiger partial charge in [-0.05, 0) is 42.7 Å². The summed E-state index contributed by atoms with van der Waals surface area (Å²) in [6, 6.07) is 14.7. The second-order valence-corrected chi connectivity index (χ2v) is 9.20. The molecule has 8 nitrogen and oxygen atoms in total. The van der Waals surface area contributed by atoms with Gasteiger partial charge in [0.1, 0.15) is 0 Å². The topological polar surface area (TPSA) is 107 Å². The molecule has 2 amide bonds. The highest BCUT2D eigenvalue weighted by molar-refractivity contribution is 7.89. The normalized spacial score (nSPS) is 17.0. The number of rotatable bonds is 7. The van der Waals surface area contributed by atoms with Crippen molar-refractivity contribution in [2.75, 3.05) is 18.0 Å². The molecule has 2 N–H and O–H groups in total. The number of carboxylic acid groups (broad SMARTS) is 1. The van der Waals surface area contributed by atoms with Gasteiger partial charge in [0.25, 0.3) is 0 Å². The molecule has 1 aliphatic rings. The van der Waals surface area contributed by atoms with E-state index in [4.69, 9.17) is 0 Å². The van der Waals surface area contributed by atoms with E-state index in [0.717, 1.165) is 16.5 Å². The molecule has 0 saturated carbocycles. The number of sulfonamides is 1. The van der Waals surface area contributed by atoms with Crippen LogP contribution in [0.2, 0.25) is 0 Å². The standard InChI is InChI=1S/C22H25N3O5S/c1-2-21(26)23-18-10-7-13-24(16-18)31(29,30)20-12-6-11-19(14-20)25(22(27)28)15-17-8-4-3-5-9-17/h2-6,8-9,11-12,14,18H,1,7,10,13,15-16H2,(H,23,26)(H,27,28)/t18-/m0/s1. The molecule has 0 spiro atoms. The predicted octanol–water partition coefficient (Wildman–Crippen LogP) is 2.83. The summed E-state index contributed by atoms with van der Waals surface area (Å²) in [6.45, 7) is 4.00. The van der Waals surface area contributed by atoms with E-state index in [9.17, 15) is 23.1 Å². The summed E-state index contributed by atoms with van der Waals surface area (Å²) in [7, 11) is -3.86. The Balaban J connectivity index is 1.84. The molecule has 1 heterocycles. The van der Waals surface area contributed by atoms with Crippen LogP contribution >= 0.6 is 0 Å². The van der Waals surface area contributed by atoms with E-state index in [-0.39, 0.29) is 35.6 Å². The van der Waals surface area contributed by atoms with Crippen LogP contribution in [0.1, 0.15) is 18.4 Å². The average Bonchev–Trinajstić information content (AvgIpc) is 2.78. The molecular formula is C22H25N3O5S. The number of nitrogens with zero attached hydrogens (tertiary/aromatic N) is 2. The molecule has 3 rings (SSSR count). The lowest BCUT2D eigenvalue weighted by molar-refractivity contribution is -0.117. The average molecular weight is 444 g/mol. The summed E-state index contributed by atoms with van der Waals surface area (Å²) in [5.74, 6) is -0.343. The number of carbonyl (C=O) groups is 2. The van der Waals surface area contributed by atoms with E-state index >= 15 is 0 Å². The third kappa shape index (κ3) is 5.50. The van der Waals surface area contributed by atoms with E-state index in [2.05, 4.69) is 11.9 Å².